The number of nitriles is 1. The first-order chi connectivity index (χ1) is 7.69. The Balaban J connectivity index is 2.21. The van der Waals surface area contributed by atoms with Crippen LogP contribution >= 0.6 is 31.9 Å². The third-order valence-corrected chi connectivity index (χ3v) is 2.94. The molecule has 0 unspecified atom stereocenters. The SMILES string of the molecule is N#Cc1ccc(Cn2nc(Br)nc2Br)cc1. The van der Waals surface area contributed by atoms with Crippen molar-refractivity contribution in [2.45, 2.75) is 6.54 Å². The van der Waals surface area contributed by atoms with Crippen LogP contribution in [0.15, 0.2) is 33.7 Å². The summed E-state index contributed by atoms with van der Waals surface area (Å²) in [5.74, 6) is 0. The quantitative estimate of drug-likeness (QED) is 0.843. The molecular weight excluding hydrogens is 336 g/mol. The third kappa shape index (κ3) is 2.49. The summed E-state index contributed by atoms with van der Waals surface area (Å²) < 4.78 is 2.95. The molecule has 2 rings (SSSR count). The molecular formula is C10H6Br2N4. The molecule has 0 spiro atoms. The number of nitrogens with zero attached hydrogens (tertiary/aromatic N) is 4. The van der Waals surface area contributed by atoms with E-state index in [0.717, 1.165) is 5.56 Å². The Morgan fingerprint density at radius 3 is 2.44 bits per heavy atom. The highest BCUT2D eigenvalue weighted by atomic mass is 79.9. The van der Waals surface area contributed by atoms with E-state index in [9.17, 15) is 0 Å². The Bertz CT molecular complexity index is 539. The average molecular weight is 342 g/mol. The maximum absolute atomic E-state index is 8.67. The van der Waals surface area contributed by atoms with Crippen molar-refractivity contribution in [3.05, 3.63) is 44.9 Å². The fourth-order valence-electron chi connectivity index (χ4n) is 1.26. The Morgan fingerprint density at radius 1 is 1.25 bits per heavy atom. The summed E-state index contributed by atoms with van der Waals surface area (Å²) in [7, 11) is 0. The van der Waals surface area contributed by atoms with Gasteiger partial charge in [-0.1, -0.05) is 12.1 Å². The summed E-state index contributed by atoms with van der Waals surface area (Å²) in [6.45, 7) is 0.616. The molecule has 0 atom stereocenters. The number of hydrogen-bond acceptors (Lipinski definition) is 3. The number of benzene rings is 1. The summed E-state index contributed by atoms with van der Waals surface area (Å²) >= 11 is 6.51. The van der Waals surface area contributed by atoms with Crippen LogP contribution in [0.1, 0.15) is 11.1 Å². The van der Waals surface area contributed by atoms with E-state index >= 15 is 0 Å². The first-order valence-electron chi connectivity index (χ1n) is 4.44. The van der Waals surface area contributed by atoms with Gasteiger partial charge >= 0.3 is 0 Å². The predicted molar refractivity (Wildman–Crippen MR) is 65.7 cm³/mol. The first kappa shape index (κ1) is 11.3. The highest BCUT2D eigenvalue weighted by Crippen LogP contribution is 2.13. The van der Waals surface area contributed by atoms with Crippen molar-refractivity contribution in [2.75, 3.05) is 0 Å². The molecule has 0 saturated carbocycles. The minimum Gasteiger partial charge on any atom is -0.235 e. The Morgan fingerprint density at radius 2 is 1.94 bits per heavy atom. The van der Waals surface area contributed by atoms with Crippen molar-refractivity contribution in [3.8, 4) is 6.07 Å². The van der Waals surface area contributed by atoms with Crippen molar-refractivity contribution < 1.29 is 0 Å². The molecule has 0 bridgehead atoms. The second kappa shape index (κ2) is 4.76. The van der Waals surface area contributed by atoms with Gasteiger partial charge in [0.1, 0.15) is 0 Å². The van der Waals surface area contributed by atoms with Crippen molar-refractivity contribution in [1.29, 1.82) is 5.26 Å². The summed E-state index contributed by atoms with van der Waals surface area (Å²) in [4.78, 5) is 4.07. The number of halogens is 2. The molecule has 0 saturated heterocycles. The molecule has 0 aliphatic carbocycles. The topological polar surface area (TPSA) is 54.5 Å². The molecule has 1 aromatic heterocycles. The maximum Gasteiger partial charge on any atom is 0.218 e. The second-order valence-electron chi connectivity index (χ2n) is 3.12. The normalized spacial score (nSPS) is 10.1. The van der Waals surface area contributed by atoms with Crippen LogP contribution < -0.4 is 0 Å². The van der Waals surface area contributed by atoms with Crippen LogP contribution in [0, 0.1) is 11.3 Å². The molecule has 0 aliphatic heterocycles. The van der Waals surface area contributed by atoms with Gasteiger partial charge in [-0.2, -0.15) is 10.2 Å². The van der Waals surface area contributed by atoms with E-state index in [4.69, 9.17) is 5.26 Å². The van der Waals surface area contributed by atoms with Crippen molar-refractivity contribution >= 4 is 31.9 Å². The van der Waals surface area contributed by atoms with Gasteiger partial charge in [0.2, 0.25) is 4.73 Å². The number of aromatic nitrogens is 3. The van der Waals surface area contributed by atoms with E-state index in [0.29, 0.717) is 21.6 Å². The van der Waals surface area contributed by atoms with Crippen molar-refractivity contribution in [2.24, 2.45) is 0 Å². The smallest absolute Gasteiger partial charge is 0.218 e. The summed E-state index contributed by atoms with van der Waals surface area (Å²) in [6, 6.07) is 9.46. The molecule has 0 aliphatic rings. The van der Waals surface area contributed by atoms with E-state index in [2.05, 4.69) is 48.0 Å². The van der Waals surface area contributed by atoms with Crippen LogP contribution in [0.5, 0.6) is 0 Å². The van der Waals surface area contributed by atoms with Gasteiger partial charge < -0.3 is 0 Å². The minimum absolute atomic E-state index is 0.549. The standard InChI is InChI=1S/C10H6Br2N4/c11-9-14-10(12)16(15-9)6-8-3-1-7(5-13)2-4-8/h1-4H,6H2. The van der Waals surface area contributed by atoms with Crippen LogP contribution in [-0.4, -0.2) is 14.8 Å². The maximum atomic E-state index is 8.67. The molecule has 0 amide bonds. The van der Waals surface area contributed by atoms with Gasteiger partial charge in [-0.25, -0.2) is 4.68 Å². The molecule has 2 aromatic rings. The monoisotopic (exact) mass is 340 g/mol. The second-order valence-corrected chi connectivity index (χ2v) is 4.53. The highest BCUT2D eigenvalue weighted by Gasteiger charge is 2.05. The third-order valence-electron chi connectivity index (χ3n) is 2.02. The number of rotatable bonds is 2. The molecule has 1 heterocycles. The average Bonchev–Trinajstić information content (AvgIpc) is 2.59. The molecule has 0 radical (unpaired) electrons. The van der Waals surface area contributed by atoms with Crippen LogP contribution in [-0.2, 0) is 6.54 Å². The van der Waals surface area contributed by atoms with Gasteiger partial charge in [0, 0.05) is 0 Å². The predicted octanol–water partition coefficient (Wildman–Crippen LogP) is 2.72. The first-order valence-corrected chi connectivity index (χ1v) is 6.02. The van der Waals surface area contributed by atoms with Gasteiger partial charge in [-0.15, -0.1) is 5.10 Å². The minimum atomic E-state index is 0.549. The Labute approximate surface area is 109 Å². The van der Waals surface area contributed by atoms with Gasteiger partial charge in [0.15, 0.2) is 4.73 Å². The fourth-order valence-corrected chi connectivity index (χ4v) is 2.23. The van der Waals surface area contributed by atoms with E-state index < -0.39 is 0 Å². The van der Waals surface area contributed by atoms with Crippen molar-refractivity contribution in [3.63, 3.8) is 0 Å². The molecule has 1 aromatic carbocycles. The van der Waals surface area contributed by atoms with Crippen molar-refractivity contribution in [1.82, 2.24) is 14.8 Å². The molecule has 0 N–H and O–H groups in total. The zero-order chi connectivity index (χ0) is 11.5. The van der Waals surface area contributed by atoms with E-state index in [1.807, 2.05) is 12.1 Å². The summed E-state index contributed by atoms with van der Waals surface area (Å²) in [5, 5.41) is 12.8. The molecule has 6 heteroatoms. The largest absolute Gasteiger partial charge is 0.235 e. The zero-order valence-electron chi connectivity index (χ0n) is 8.06. The van der Waals surface area contributed by atoms with E-state index in [-0.39, 0.29) is 0 Å². The fraction of sp³-hybridized carbons (Fsp3) is 0.100. The lowest BCUT2D eigenvalue weighted by molar-refractivity contribution is 0.664. The number of hydrogen-bond donors (Lipinski definition) is 0. The summed E-state index contributed by atoms with van der Waals surface area (Å²) in [5.41, 5.74) is 1.72. The van der Waals surface area contributed by atoms with Gasteiger partial charge in [-0.05, 0) is 49.6 Å². The van der Waals surface area contributed by atoms with Gasteiger partial charge in [0.05, 0.1) is 18.2 Å². The zero-order valence-corrected chi connectivity index (χ0v) is 11.2. The van der Waals surface area contributed by atoms with E-state index in [1.165, 1.54) is 0 Å². The lowest BCUT2D eigenvalue weighted by Crippen LogP contribution is -2.02. The van der Waals surface area contributed by atoms with Crippen LogP contribution in [0.3, 0.4) is 0 Å². The van der Waals surface area contributed by atoms with Crippen LogP contribution in [0.25, 0.3) is 0 Å². The Hall–Kier alpha value is -1.19. The molecule has 80 valence electrons. The lowest BCUT2D eigenvalue weighted by Gasteiger charge is -2.02. The van der Waals surface area contributed by atoms with E-state index in [1.54, 1.807) is 16.8 Å². The summed E-state index contributed by atoms with van der Waals surface area (Å²) in [6.07, 6.45) is 0. The highest BCUT2D eigenvalue weighted by molar-refractivity contribution is 9.11. The lowest BCUT2D eigenvalue weighted by atomic mass is 10.1. The van der Waals surface area contributed by atoms with Gasteiger partial charge in [0.25, 0.3) is 0 Å². The molecule has 0 fully saturated rings. The van der Waals surface area contributed by atoms with Crippen LogP contribution in [0.4, 0.5) is 0 Å². The van der Waals surface area contributed by atoms with Gasteiger partial charge in [-0.3, -0.25) is 0 Å². The molecule has 16 heavy (non-hydrogen) atoms. The molecule has 4 nitrogen and oxygen atoms in total. The Kier molecular flexibility index (Phi) is 3.36. The van der Waals surface area contributed by atoms with Crippen LogP contribution in [0.2, 0.25) is 0 Å².